The Balaban J connectivity index is 1.46. The quantitative estimate of drug-likeness (QED) is 0.865. The molecule has 6 heteroatoms. The van der Waals surface area contributed by atoms with E-state index in [1.807, 2.05) is 6.07 Å². The van der Waals surface area contributed by atoms with Gasteiger partial charge in [0.05, 0.1) is 6.10 Å². The first kappa shape index (κ1) is 16.5. The maximum Gasteiger partial charge on any atom is 0.133 e. The van der Waals surface area contributed by atoms with Gasteiger partial charge in [0.2, 0.25) is 0 Å². The number of rotatable bonds is 6. The van der Waals surface area contributed by atoms with Crippen LogP contribution in [0.25, 0.3) is 0 Å². The normalized spacial score (nSPS) is 23.1. The maximum atomic E-state index is 5.75. The summed E-state index contributed by atoms with van der Waals surface area (Å²) in [4.78, 5) is 13.4. The molecule has 1 N–H and O–H groups in total. The first-order valence-electron chi connectivity index (χ1n) is 8.88. The molecule has 0 radical (unpaired) electrons. The number of likely N-dealkylation sites (tertiary alicyclic amines) is 1. The van der Waals surface area contributed by atoms with Crippen molar-refractivity contribution in [2.24, 2.45) is 0 Å². The number of piperidine rings is 1. The van der Waals surface area contributed by atoms with Gasteiger partial charge in [0.1, 0.15) is 18.0 Å². The second-order valence-corrected chi connectivity index (χ2v) is 6.63. The Bertz CT molecular complexity index is 484. The molecular weight excluding hydrogens is 290 g/mol. The van der Waals surface area contributed by atoms with E-state index in [9.17, 15) is 0 Å². The van der Waals surface area contributed by atoms with Crippen molar-refractivity contribution in [3.8, 4) is 0 Å². The molecule has 0 bridgehead atoms. The van der Waals surface area contributed by atoms with E-state index in [1.54, 1.807) is 6.33 Å². The standard InChI is InChI=1S/C17H29N5O/c1-3-21(2)17-11-16(18-13-19-17)20-14-6-8-22(9-7-14)12-15-5-4-10-23-15/h11,13-15H,3-10,12H2,1-2H3,(H,18,19,20). The lowest BCUT2D eigenvalue weighted by Crippen LogP contribution is -2.42. The Morgan fingerprint density at radius 1 is 1.30 bits per heavy atom. The zero-order valence-electron chi connectivity index (χ0n) is 14.4. The summed E-state index contributed by atoms with van der Waals surface area (Å²) in [5.74, 6) is 1.91. The second kappa shape index (κ2) is 7.93. The number of ether oxygens (including phenoxy) is 1. The molecule has 23 heavy (non-hydrogen) atoms. The Labute approximate surface area is 139 Å². The van der Waals surface area contributed by atoms with Gasteiger partial charge in [0.25, 0.3) is 0 Å². The van der Waals surface area contributed by atoms with Crippen LogP contribution in [-0.2, 0) is 4.74 Å². The summed E-state index contributed by atoms with van der Waals surface area (Å²) in [5, 5.41) is 3.58. The van der Waals surface area contributed by atoms with Crippen molar-refractivity contribution in [1.29, 1.82) is 0 Å². The van der Waals surface area contributed by atoms with Gasteiger partial charge in [-0.3, -0.25) is 0 Å². The zero-order chi connectivity index (χ0) is 16.1. The van der Waals surface area contributed by atoms with Gasteiger partial charge >= 0.3 is 0 Å². The first-order valence-corrected chi connectivity index (χ1v) is 8.88. The van der Waals surface area contributed by atoms with E-state index in [0.717, 1.165) is 57.3 Å². The number of hydrogen-bond donors (Lipinski definition) is 1. The van der Waals surface area contributed by atoms with Crippen molar-refractivity contribution in [2.75, 3.05) is 50.1 Å². The molecule has 3 heterocycles. The Morgan fingerprint density at radius 3 is 2.83 bits per heavy atom. The number of nitrogens with zero attached hydrogens (tertiary/aromatic N) is 4. The minimum atomic E-state index is 0.466. The van der Waals surface area contributed by atoms with Crippen molar-refractivity contribution in [3.63, 3.8) is 0 Å². The molecule has 0 aliphatic carbocycles. The van der Waals surface area contributed by atoms with Gasteiger partial charge in [0.15, 0.2) is 0 Å². The van der Waals surface area contributed by atoms with Gasteiger partial charge in [-0.15, -0.1) is 0 Å². The van der Waals surface area contributed by atoms with Crippen molar-refractivity contribution in [3.05, 3.63) is 12.4 Å². The highest BCUT2D eigenvalue weighted by molar-refractivity contribution is 5.48. The van der Waals surface area contributed by atoms with E-state index in [0.29, 0.717) is 12.1 Å². The third kappa shape index (κ3) is 4.54. The largest absolute Gasteiger partial charge is 0.377 e. The lowest BCUT2D eigenvalue weighted by Gasteiger charge is -2.33. The molecule has 1 unspecified atom stereocenters. The third-order valence-electron chi connectivity index (χ3n) is 4.94. The number of hydrogen-bond acceptors (Lipinski definition) is 6. The van der Waals surface area contributed by atoms with Crippen LogP contribution in [0.15, 0.2) is 12.4 Å². The van der Waals surface area contributed by atoms with Crippen LogP contribution in [-0.4, -0.2) is 66.8 Å². The maximum absolute atomic E-state index is 5.75. The Kier molecular flexibility index (Phi) is 5.67. The van der Waals surface area contributed by atoms with E-state index in [2.05, 4.69) is 39.1 Å². The van der Waals surface area contributed by atoms with Gasteiger partial charge < -0.3 is 19.9 Å². The summed E-state index contributed by atoms with van der Waals surface area (Å²) >= 11 is 0. The van der Waals surface area contributed by atoms with Crippen LogP contribution in [0.2, 0.25) is 0 Å². The van der Waals surface area contributed by atoms with Crippen LogP contribution >= 0.6 is 0 Å². The van der Waals surface area contributed by atoms with Crippen molar-refractivity contribution < 1.29 is 4.74 Å². The van der Waals surface area contributed by atoms with Crippen LogP contribution < -0.4 is 10.2 Å². The van der Waals surface area contributed by atoms with Gasteiger partial charge in [-0.05, 0) is 32.6 Å². The summed E-state index contributed by atoms with van der Waals surface area (Å²) in [5.41, 5.74) is 0. The van der Waals surface area contributed by atoms with Crippen molar-refractivity contribution >= 4 is 11.6 Å². The molecule has 6 nitrogen and oxygen atoms in total. The van der Waals surface area contributed by atoms with E-state index < -0.39 is 0 Å². The monoisotopic (exact) mass is 319 g/mol. The first-order chi connectivity index (χ1) is 11.2. The molecule has 128 valence electrons. The number of anilines is 2. The van der Waals surface area contributed by atoms with Crippen LogP contribution in [0.3, 0.4) is 0 Å². The molecule has 3 rings (SSSR count). The molecule has 0 amide bonds. The summed E-state index contributed by atoms with van der Waals surface area (Å²) in [6.45, 7) is 7.41. The summed E-state index contributed by atoms with van der Waals surface area (Å²) in [6.07, 6.45) is 6.90. The molecule has 1 aromatic rings. The lowest BCUT2D eigenvalue weighted by molar-refractivity contribution is 0.0654. The highest BCUT2D eigenvalue weighted by atomic mass is 16.5. The predicted molar refractivity (Wildman–Crippen MR) is 93.0 cm³/mol. The fraction of sp³-hybridized carbons (Fsp3) is 0.765. The lowest BCUT2D eigenvalue weighted by atomic mass is 10.0. The summed E-state index contributed by atoms with van der Waals surface area (Å²) in [6, 6.07) is 2.55. The smallest absolute Gasteiger partial charge is 0.133 e. The molecule has 1 atom stereocenters. The van der Waals surface area contributed by atoms with Gasteiger partial charge in [-0.1, -0.05) is 0 Å². The van der Waals surface area contributed by atoms with Gasteiger partial charge in [-0.2, -0.15) is 0 Å². The molecule has 1 aromatic heterocycles. The van der Waals surface area contributed by atoms with Gasteiger partial charge in [0, 0.05) is 51.9 Å². The van der Waals surface area contributed by atoms with E-state index in [-0.39, 0.29) is 0 Å². The van der Waals surface area contributed by atoms with Gasteiger partial charge in [-0.25, -0.2) is 9.97 Å². The minimum Gasteiger partial charge on any atom is -0.377 e. The molecular formula is C17H29N5O. The molecule has 2 saturated heterocycles. The third-order valence-corrected chi connectivity index (χ3v) is 4.94. The average Bonchev–Trinajstić information content (AvgIpc) is 3.09. The second-order valence-electron chi connectivity index (χ2n) is 6.63. The van der Waals surface area contributed by atoms with E-state index >= 15 is 0 Å². The fourth-order valence-electron chi connectivity index (χ4n) is 3.34. The van der Waals surface area contributed by atoms with Crippen LogP contribution in [0.5, 0.6) is 0 Å². The van der Waals surface area contributed by atoms with Crippen LogP contribution in [0, 0.1) is 0 Å². The predicted octanol–water partition coefficient (Wildman–Crippen LogP) is 1.99. The fourth-order valence-corrected chi connectivity index (χ4v) is 3.34. The Hall–Kier alpha value is -1.40. The summed E-state index contributed by atoms with van der Waals surface area (Å²) in [7, 11) is 2.05. The molecule has 0 aromatic carbocycles. The molecule has 2 aliphatic rings. The topological polar surface area (TPSA) is 53.5 Å². The van der Waals surface area contributed by atoms with E-state index in [1.165, 1.54) is 12.8 Å². The summed E-state index contributed by atoms with van der Waals surface area (Å²) < 4.78 is 5.75. The van der Waals surface area contributed by atoms with Crippen LogP contribution in [0.1, 0.15) is 32.6 Å². The molecule has 0 saturated carbocycles. The molecule has 0 spiro atoms. The van der Waals surface area contributed by atoms with E-state index in [4.69, 9.17) is 4.74 Å². The Morgan fingerprint density at radius 2 is 2.13 bits per heavy atom. The number of nitrogens with one attached hydrogen (secondary N) is 1. The molecule has 2 fully saturated rings. The van der Waals surface area contributed by atoms with Crippen molar-refractivity contribution in [1.82, 2.24) is 14.9 Å². The highest BCUT2D eigenvalue weighted by Crippen LogP contribution is 2.20. The van der Waals surface area contributed by atoms with Crippen LogP contribution in [0.4, 0.5) is 11.6 Å². The SMILES string of the molecule is CCN(C)c1cc(NC2CCN(CC3CCCO3)CC2)ncn1. The number of aromatic nitrogens is 2. The zero-order valence-corrected chi connectivity index (χ0v) is 14.4. The average molecular weight is 319 g/mol. The molecule has 2 aliphatic heterocycles. The van der Waals surface area contributed by atoms with Crippen molar-refractivity contribution in [2.45, 2.75) is 44.8 Å². The highest BCUT2D eigenvalue weighted by Gasteiger charge is 2.24. The minimum absolute atomic E-state index is 0.466.